The van der Waals surface area contributed by atoms with E-state index in [0.29, 0.717) is 6.54 Å². The highest BCUT2D eigenvalue weighted by molar-refractivity contribution is 14.0. The Bertz CT molecular complexity index is 690. The Labute approximate surface area is 171 Å². The first-order valence-electron chi connectivity index (χ1n) is 8.14. The Morgan fingerprint density at radius 3 is 2.68 bits per heavy atom. The Kier molecular flexibility index (Phi) is 8.78. The number of rotatable bonds is 6. The highest BCUT2D eigenvalue weighted by atomic mass is 127. The molecule has 0 atom stereocenters. The smallest absolute Gasteiger partial charge is 0.194 e. The molecule has 25 heavy (non-hydrogen) atoms. The molecular weight excluding hydrogens is 453 g/mol. The fraction of sp³-hybridized carbons (Fsp3) is 0.529. The quantitative estimate of drug-likeness (QED) is 0.391. The molecule has 2 aromatic rings. The second-order valence-electron chi connectivity index (χ2n) is 5.91. The van der Waals surface area contributed by atoms with Gasteiger partial charge in [0.1, 0.15) is 5.76 Å². The standard InChI is InChI=1S/C17H26ClN5O.HI/c1-6-19-17(20-8-7-16-12(2)21-24-13(16)3)23(5)11-15-9-14(18)10-22(15)4;/h9-10H,6-8,11H2,1-5H3,(H,19,20);1H. The van der Waals surface area contributed by atoms with Crippen LogP contribution in [0.2, 0.25) is 5.02 Å². The van der Waals surface area contributed by atoms with Crippen LogP contribution in [-0.2, 0) is 20.0 Å². The molecule has 2 heterocycles. The van der Waals surface area contributed by atoms with Gasteiger partial charge in [-0.05, 0) is 33.3 Å². The number of hydrogen-bond donors (Lipinski definition) is 1. The van der Waals surface area contributed by atoms with Crippen LogP contribution in [0.25, 0.3) is 0 Å². The lowest BCUT2D eigenvalue weighted by atomic mass is 10.1. The minimum Gasteiger partial charge on any atom is -0.361 e. The van der Waals surface area contributed by atoms with Crippen molar-refractivity contribution in [2.24, 2.45) is 12.0 Å². The number of aryl methyl sites for hydroxylation is 3. The minimum absolute atomic E-state index is 0. The normalized spacial score (nSPS) is 11.4. The van der Waals surface area contributed by atoms with E-state index in [4.69, 9.17) is 21.1 Å². The van der Waals surface area contributed by atoms with Crippen molar-refractivity contribution in [2.75, 3.05) is 20.1 Å². The topological polar surface area (TPSA) is 58.6 Å². The largest absolute Gasteiger partial charge is 0.361 e. The predicted molar refractivity (Wildman–Crippen MR) is 113 cm³/mol. The van der Waals surface area contributed by atoms with Gasteiger partial charge in [0.05, 0.1) is 17.3 Å². The zero-order valence-corrected chi connectivity index (χ0v) is 18.6. The average molecular weight is 480 g/mol. The van der Waals surface area contributed by atoms with Gasteiger partial charge in [0.15, 0.2) is 5.96 Å². The summed E-state index contributed by atoms with van der Waals surface area (Å²) in [6.07, 6.45) is 2.73. The molecule has 0 amide bonds. The van der Waals surface area contributed by atoms with Crippen LogP contribution in [0.5, 0.6) is 0 Å². The first-order valence-corrected chi connectivity index (χ1v) is 8.52. The number of halogens is 2. The van der Waals surface area contributed by atoms with E-state index in [1.165, 1.54) is 0 Å². The van der Waals surface area contributed by atoms with E-state index >= 15 is 0 Å². The molecule has 140 valence electrons. The second-order valence-corrected chi connectivity index (χ2v) is 6.34. The van der Waals surface area contributed by atoms with E-state index in [0.717, 1.165) is 53.2 Å². The molecule has 0 saturated carbocycles. The molecule has 0 bridgehead atoms. The van der Waals surface area contributed by atoms with Gasteiger partial charge in [-0.3, -0.25) is 4.99 Å². The maximum Gasteiger partial charge on any atom is 0.194 e. The number of aromatic nitrogens is 2. The fourth-order valence-corrected chi connectivity index (χ4v) is 2.92. The lowest BCUT2D eigenvalue weighted by Crippen LogP contribution is -2.39. The third-order valence-corrected chi connectivity index (χ3v) is 4.18. The Balaban J connectivity index is 0.00000312. The van der Waals surface area contributed by atoms with Crippen molar-refractivity contribution in [3.8, 4) is 0 Å². The second kappa shape index (κ2) is 10.1. The summed E-state index contributed by atoms with van der Waals surface area (Å²) in [6.45, 7) is 8.21. The molecular formula is C17H27ClIN5O. The third kappa shape index (κ3) is 5.91. The van der Waals surface area contributed by atoms with Crippen molar-refractivity contribution >= 4 is 41.5 Å². The highest BCUT2D eigenvalue weighted by Crippen LogP contribution is 2.15. The van der Waals surface area contributed by atoms with Crippen LogP contribution in [0, 0.1) is 13.8 Å². The van der Waals surface area contributed by atoms with Crippen LogP contribution < -0.4 is 5.32 Å². The molecule has 0 radical (unpaired) electrons. The Morgan fingerprint density at radius 1 is 1.44 bits per heavy atom. The molecule has 0 fully saturated rings. The fourth-order valence-electron chi connectivity index (χ4n) is 2.64. The lowest BCUT2D eigenvalue weighted by molar-refractivity contribution is 0.392. The molecule has 0 aliphatic carbocycles. The van der Waals surface area contributed by atoms with E-state index in [9.17, 15) is 0 Å². The molecule has 0 spiro atoms. The van der Waals surface area contributed by atoms with Gasteiger partial charge in [-0.2, -0.15) is 0 Å². The van der Waals surface area contributed by atoms with Gasteiger partial charge in [-0.1, -0.05) is 16.8 Å². The van der Waals surface area contributed by atoms with E-state index in [2.05, 4.69) is 22.3 Å². The van der Waals surface area contributed by atoms with Crippen LogP contribution >= 0.6 is 35.6 Å². The number of hydrogen-bond acceptors (Lipinski definition) is 3. The summed E-state index contributed by atoms with van der Waals surface area (Å²) in [5.74, 6) is 1.75. The highest BCUT2D eigenvalue weighted by Gasteiger charge is 2.11. The van der Waals surface area contributed by atoms with Crippen molar-refractivity contribution in [2.45, 2.75) is 33.7 Å². The summed E-state index contributed by atoms with van der Waals surface area (Å²) >= 11 is 6.06. The van der Waals surface area contributed by atoms with E-state index in [1.54, 1.807) is 0 Å². The molecule has 0 aliphatic heterocycles. The first kappa shape index (κ1) is 21.8. The SMILES string of the molecule is CCNC(=NCCc1c(C)noc1C)N(C)Cc1cc(Cl)cn1C.I. The van der Waals surface area contributed by atoms with Crippen molar-refractivity contribution in [1.82, 2.24) is 19.9 Å². The Morgan fingerprint density at radius 2 is 2.16 bits per heavy atom. The van der Waals surface area contributed by atoms with Gasteiger partial charge in [-0.25, -0.2) is 0 Å². The van der Waals surface area contributed by atoms with Crippen molar-refractivity contribution in [3.63, 3.8) is 0 Å². The van der Waals surface area contributed by atoms with Crippen LogP contribution in [0.3, 0.4) is 0 Å². The van der Waals surface area contributed by atoms with Gasteiger partial charge < -0.3 is 19.3 Å². The van der Waals surface area contributed by atoms with Gasteiger partial charge in [-0.15, -0.1) is 24.0 Å². The van der Waals surface area contributed by atoms with Gasteiger partial charge in [0, 0.05) is 44.6 Å². The van der Waals surface area contributed by atoms with Crippen molar-refractivity contribution in [3.05, 3.63) is 40.0 Å². The molecule has 8 heteroatoms. The van der Waals surface area contributed by atoms with E-state index in [1.807, 2.05) is 44.8 Å². The zero-order chi connectivity index (χ0) is 17.7. The van der Waals surface area contributed by atoms with Gasteiger partial charge in [0.2, 0.25) is 0 Å². The maximum atomic E-state index is 6.06. The summed E-state index contributed by atoms with van der Waals surface area (Å²) in [5.41, 5.74) is 3.23. The van der Waals surface area contributed by atoms with Crippen LogP contribution in [0.1, 0.15) is 29.6 Å². The summed E-state index contributed by atoms with van der Waals surface area (Å²) in [6, 6.07) is 1.98. The molecule has 2 aromatic heterocycles. The summed E-state index contributed by atoms with van der Waals surface area (Å²) in [7, 11) is 4.02. The predicted octanol–water partition coefficient (Wildman–Crippen LogP) is 3.54. The molecule has 0 unspecified atom stereocenters. The number of guanidine groups is 1. The molecule has 0 aliphatic rings. The third-order valence-electron chi connectivity index (χ3n) is 3.97. The molecule has 0 saturated heterocycles. The first-order chi connectivity index (χ1) is 11.4. The molecule has 0 aromatic carbocycles. The number of nitrogens with zero attached hydrogens (tertiary/aromatic N) is 4. The summed E-state index contributed by atoms with van der Waals surface area (Å²) in [5, 5.41) is 8.07. The van der Waals surface area contributed by atoms with E-state index < -0.39 is 0 Å². The van der Waals surface area contributed by atoms with Crippen molar-refractivity contribution in [1.29, 1.82) is 0 Å². The summed E-state index contributed by atoms with van der Waals surface area (Å²) < 4.78 is 7.24. The summed E-state index contributed by atoms with van der Waals surface area (Å²) in [4.78, 5) is 6.82. The van der Waals surface area contributed by atoms with Crippen molar-refractivity contribution < 1.29 is 4.52 Å². The van der Waals surface area contributed by atoms with Crippen LogP contribution in [-0.4, -0.2) is 40.7 Å². The molecule has 2 rings (SSSR count). The van der Waals surface area contributed by atoms with E-state index in [-0.39, 0.29) is 24.0 Å². The molecule has 1 N–H and O–H groups in total. The minimum atomic E-state index is 0. The van der Waals surface area contributed by atoms with Gasteiger partial charge in [0.25, 0.3) is 0 Å². The number of aliphatic imine (C=N–C) groups is 1. The molecule has 6 nitrogen and oxygen atoms in total. The lowest BCUT2D eigenvalue weighted by Gasteiger charge is -2.22. The monoisotopic (exact) mass is 479 g/mol. The van der Waals surface area contributed by atoms with Gasteiger partial charge >= 0.3 is 0 Å². The zero-order valence-electron chi connectivity index (χ0n) is 15.5. The van der Waals surface area contributed by atoms with Crippen LogP contribution in [0.4, 0.5) is 0 Å². The Hall–Kier alpha value is -1.22. The number of nitrogens with one attached hydrogen (secondary N) is 1. The van der Waals surface area contributed by atoms with Crippen LogP contribution in [0.15, 0.2) is 21.8 Å². The maximum absolute atomic E-state index is 6.06. The average Bonchev–Trinajstić information content (AvgIpc) is 3.01.